The summed E-state index contributed by atoms with van der Waals surface area (Å²) in [5, 5.41) is 8.43. The molecule has 1 aliphatic heterocycles. The number of piperidine rings is 1. The molecule has 0 radical (unpaired) electrons. The summed E-state index contributed by atoms with van der Waals surface area (Å²) in [5.74, 6) is -1.19. The van der Waals surface area contributed by atoms with Gasteiger partial charge in [-0.05, 0) is 63.8 Å². The van der Waals surface area contributed by atoms with E-state index in [4.69, 9.17) is 0 Å². The molecular formula is C20H29FN4O3. The van der Waals surface area contributed by atoms with Gasteiger partial charge in [-0.15, -0.1) is 0 Å². The summed E-state index contributed by atoms with van der Waals surface area (Å²) in [6.45, 7) is 7.18. The van der Waals surface area contributed by atoms with E-state index in [1.54, 1.807) is 4.90 Å². The minimum Gasteiger partial charge on any atom is -0.352 e. The average Bonchev–Trinajstić information content (AvgIpc) is 2.66. The number of hydrogen-bond donors (Lipinski definition) is 3. The standard InChI is InChI=1S/C20H29FN4O3/c1-4-22-20(28)25-11-9-14(10-12-25)17(19(27)23-13(2)3)24-18(26)15-5-7-16(21)8-6-15/h5-8,13-14,17H,4,9-12H2,1-3H3,(H,22,28)(H,23,27)(H,24,26)/t17-/m0/s1. The number of hydrogen-bond acceptors (Lipinski definition) is 3. The van der Waals surface area contributed by atoms with Crippen LogP contribution in [0.3, 0.4) is 0 Å². The van der Waals surface area contributed by atoms with Gasteiger partial charge in [-0.2, -0.15) is 0 Å². The maximum Gasteiger partial charge on any atom is 0.317 e. The van der Waals surface area contributed by atoms with Gasteiger partial charge in [0.15, 0.2) is 0 Å². The van der Waals surface area contributed by atoms with Crippen molar-refractivity contribution in [2.24, 2.45) is 5.92 Å². The topological polar surface area (TPSA) is 90.5 Å². The van der Waals surface area contributed by atoms with E-state index in [0.29, 0.717) is 38.0 Å². The number of amides is 4. The summed E-state index contributed by atoms with van der Waals surface area (Å²) in [4.78, 5) is 39.0. The Morgan fingerprint density at radius 2 is 1.71 bits per heavy atom. The fourth-order valence-electron chi connectivity index (χ4n) is 3.30. The summed E-state index contributed by atoms with van der Waals surface area (Å²) < 4.78 is 13.1. The van der Waals surface area contributed by atoms with Crippen LogP contribution in [0.2, 0.25) is 0 Å². The fourth-order valence-corrected chi connectivity index (χ4v) is 3.30. The SMILES string of the molecule is CCNC(=O)N1CCC([C@H](NC(=O)c2ccc(F)cc2)C(=O)NC(C)C)CC1. The molecule has 4 amide bonds. The molecule has 7 nitrogen and oxygen atoms in total. The molecule has 154 valence electrons. The first-order valence-electron chi connectivity index (χ1n) is 9.71. The van der Waals surface area contributed by atoms with Crippen LogP contribution in [0.25, 0.3) is 0 Å². The molecule has 1 atom stereocenters. The molecule has 0 aromatic heterocycles. The number of carbonyl (C=O) groups is 3. The molecule has 1 saturated heterocycles. The van der Waals surface area contributed by atoms with E-state index in [0.717, 1.165) is 0 Å². The lowest BCUT2D eigenvalue weighted by atomic mass is 9.88. The van der Waals surface area contributed by atoms with E-state index in [1.165, 1.54) is 24.3 Å². The number of rotatable bonds is 6. The van der Waals surface area contributed by atoms with Crippen LogP contribution in [0, 0.1) is 11.7 Å². The Labute approximate surface area is 165 Å². The van der Waals surface area contributed by atoms with Gasteiger partial charge in [0, 0.05) is 31.2 Å². The van der Waals surface area contributed by atoms with Gasteiger partial charge in [-0.3, -0.25) is 9.59 Å². The predicted molar refractivity (Wildman–Crippen MR) is 104 cm³/mol. The lowest BCUT2D eigenvalue weighted by molar-refractivity contribution is -0.125. The summed E-state index contributed by atoms with van der Waals surface area (Å²) in [6, 6.07) is 4.31. The van der Waals surface area contributed by atoms with E-state index in [9.17, 15) is 18.8 Å². The quantitative estimate of drug-likeness (QED) is 0.691. The molecule has 1 heterocycles. The Balaban J connectivity index is 2.07. The van der Waals surface area contributed by atoms with Crippen LogP contribution in [0.1, 0.15) is 44.0 Å². The summed E-state index contributed by atoms with van der Waals surface area (Å²) in [7, 11) is 0. The van der Waals surface area contributed by atoms with Gasteiger partial charge >= 0.3 is 6.03 Å². The van der Waals surface area contributed by atoms with Crippen LogP contribution in [-0.4, -0.2) is 54.5 Å². The van der Waals surface area contributed by atoms with Crippen LogP contribution < -0.4 is 16.0 Å². The smallest absolute Gasteiger partial charge is 0.317 e. The van der Waals surface area contributed by atoms with Crippen molar-refractivity contribution in [2.45, 2.75) is 45.7 Å². The zero-order valence-electron chi connectivity index (χ0n) is 16.6. The van der Waals surface area contributed by atoms with E-state index < -0.39 is 17.8 Å². The van der Waals surface area contributed by atoms with Crippen LogP contribution in [0.4, 0.5) is 9.18 Å². The van der Waals surface area contributed by atoms with Gasteiger partial charge in [-0.1, -0.05) is 0 Å². The molecule has 1 fully saturated rings. The van der Waals surface area contributed by atoms with Crippen LogP contribution in [0.5, 0.6) is 0 Å². The summed E-state index contributed by atoms with van der Waals surface area (Å²) >= 11 is 0. The second kappa shape index (κ2) is 10.1. The number of nitrogens with one attached hydrogen (secondary N) is 3. The van der Waals surface area contributed by atoms with Crippen molar-refractivity contribution >= 4 is 17.8 Å². The lowest BCUT2D eigenvalue weighted by Crippen LogP contribution is -2.55. The number of urea groups is 1. The Kier molecular flexibility index (Phi) is 7.78. The van der Waals surface area contributed by atoms with Crippen molar-refractivity contribution in [1.29, 1.82) is 0 Å². The molecule has 0 bridgehead atoms. The predicted octanol–water partition coefficient (Wildman–Crippen LogP) is 1.89. The van der Waals surface area contributed by atoms with Crippen molar-refractivity contribution < 1.29 is 18.8 Å². The molecule has 8 heteroatoms. The van der Waals surface area contributed by atoms with Crippen molar-refractivity contribution in [3.63, 3.8) is 0 Å². The number of nitrogens with zero attached hydrogens (tertiary/aromatic N) is 1. The van der Waals surface area contributed by atoms with Crippen molar-refractivity contribution in [3.05, 3.63) is 35.6 Å². The van der Waals surface area contributed by atoms with Gasteiger partial charge < -0.3 is 20.9 Å². The zero-order chi connectivity index (χ0) is 20.7. The highest BCUT2D eigenvalue weighted by Gasteiger charge is 2.34. The van der Waals surface area contributed by atoms with Crippen LogP contribution in [0.15, 0.2) is 24.3 Å². The molecule has 28 heavy (non-hydrogen) atoms. The third-order valence-electron chi connectivity index (χ3n) is 4.73. The second-order valence-corrected chi connectivity index (χ2v) is 7.28. The third kappa shape index (κ3) is 5.94. The van der Waals surface area contributed by atoms with Crippen molar-refractivity contribution in [1.82, 2.24) is 20.9 Å². The third-order valence-corrected chi connectivity index (χ3v) is 4.73. The molecule has 0 unspecified atom stereocenters. The van der Waals surface area contributed by atoms with Crippen LogP contribution >= 0.6 is 0 Å². The fraction of sp³-hybridized carbons (Fsp3) is 0.550. The maximum absolute atomic E-state index is 13.1. The van der Waals surface area contributed by atoms with Gasteiger partial charge in [0.25, 0.3) is 5.91 Å². The first kappa shape index (κ1) is 21.7. The monoisotopic (exact) mass is 392 g/mol. The van der Waals surface area contributed by atoms with Gasteiger partial charge in [0.1, 0.15) is 11.9 Å². The molecule has 1 aliphatic rings. The molecule has 0 aliphatic carbocycles. The number of benzene rings is 1. The molecule has 1 aromatic carbocycles. The molecule has 0 saturated carbocycles. The van der Waals surface area contributed by atoms with E-state index in [1.807, 2.05) is 20.8 Å². The number of likely N-dealkylation sites (tertiary alicyclic amines) is 1. The first-order chi connectivity index (χ1) is 13.3. The van der Waals surface area contributed by atoms with Gasteiger partial charge in [0.05, 0.1) is 0 Å². The lowest BCUT2D eigenvalue weighted by Gasteiger charge is -2.36. The molecule has 0 spiro atoms. The van der Waals surface area contributed by atoms with Crippen molar-refractivity contribution in [2.75, 3.05) is 19.6 Å². The Morgan fingerprint density at radius 1 is 1.11 bits per heavy atom. The van der Waals surface area contributed by atoms with Gasteiger partial charge in [-0.25, -0.2) is 9.18 Å². The second-order valence-electron chi connectivity index (χ2n) is 7.28. The minimum atomic E-state index is -0.712. The molecule has 3 N–H and O–H groups in total. The molecule has 1 aromatic rings. The van der Waals surface area contributed by atoms with E-state index in [2.05, 4.69) is 16.0 Å². The Hall–Kier alpha value is -2.64. The highest BCUT2D eigenvalue weighted by Crippen LogP contribution is 2.22. The van der Waals surface area contributed by atoms with Gasteiger partial charge in [0.2, 0.25) is 5.91 Å². The van der Waals surface area contributed by atoms with E-state index in [-0.39, 0.29) is 23.9 Å². The Morgan fingerprint density at radius 3 is 2.25 bits per heavy atom. The number of carbonyl (C=O) groups excluding carboxylic acids is 3. The zero-order valence-corrected chi connectivity index (χ0v) is 16.6. The molecule has 2 rings (SSSR count). The maximum atomic E-state index is 13.1. The van der Waals surface area contributed by atoms with E-state index >= 15 is 0 Å². The van der Waals surface area contributed by atoms with Crippen molar-refractivity contribution in [3.8, 4) is 0 Å². The Bertz CT molecular complexity index is 685. The highest BCUT2D eigenvalue weighted by molar-refractivity contribution is 5.97. The van der Waals surface area contributed by atoms with Crippen LogP contribution in [-0.2, 0) is 4.79 Å². The summed E-state index contributed by atoms with van der Waals surface area (Å²) in [5.41, 5.74) is 0.295. The number of halogens is 1. The summed E-state index contributed by atoms with van der Waals surface area (Å²) in [6.07, 6.45) is 1.22. The largest absolute Gasteiger partial charge is 0.352 e. The average molecular weight is 392 g/mol. The minimum absolute atomic E-state index is 0.0619. The highest BCUT2D eigenvalue weighted by atomic mass is 19.1. The normalized spacial score (nSPS) is 15.8. The first-order valence-corrected chi connectivity index (χ1v) is 9.71. The molecular weight excluding hydrogens is 363 g/mol.